The van der Waals surface area contributed by atoms with Crippen molar-refractivity contribution in [2.75, 3.05) is 14.2 Å². The molecule has 1 N–H and O–H groups in total. The molecule has 98 valence electrons. The lowest BCUT2D eigenvalue weighted by Crippen LogP contribution is -2.56. The van der Waals surface area contributed by atoms with Gasteiger partial charge >= 0.3 is 5.97 Å². The van der Waals surface area contributed by atoms with Gasteiger partial charge in [-0.3, -0.25) is 10.1 Å². The number of methoxy groups -OCH3 is 1. The molecular weight excluding hydrogens is 216 g/mol. The summed E-state index contributed by atoms with van der Waals surface area (Å²) in [5.41, 5.74) is -0.575. The minimum Gasteiger partial charge on any atom is -0.468 e. The lowest BCUT2D eigenvalue weighted by atomic mass is 9.94. The highest BCUT2D eigenvalue weighted by Gasteiger charge is 2.41. The van der Waals surface area contributed by atoms with Crippen LogP contribution < -0.4 is 5.32 Å². The normalized spacial score (nSPS) is 33.8. The highest BCUT2D eigenvalue weighted by molar-refractivity contribution is 5.79. The predicted molar refractivity (Wildman–Crippen MR) is 66.8 cm³/mol. The number of ether oxygens (including phenoxy) is 1. The molecule has 2 aliphatic rings. The zero-order valence-corrected chi connectivity index (χ0v) is 11.3. The topological polar surface area (TPSA) is 41.6 Å². The van der Waals surface area contributed by atoms with Crippen LogP contribution in [0.1, 0.15) is 39.5 Å². The van der Waals surface area contributed by atoms with Gasteiger partial charge in [0.2, 0.25) is 0 Å². The molecule has 0 aromatic rings. The Kier molecular flexibility index (Phi) is 3.46. The molecule has 2 heterocycles. The van der Waals surface area contributed by atoms with E-state index in [1.54, 1.807) is 0 Å². The van der Waals surface area contributed by atoms with Crippen molar-refractivity contribution in [2.45, 2.75) is 63.2 Å². The molecule has 0 radical (unpaired) electrons. The summed E-state index contributed by atoms with van der Waals surface area (Å²) in [6, 6.07) is 1.83. The molecule has 2 aliphatic heterocycles. The molecule has 4 nitrogen and oxygen atoms in total. The minimum atomic E-state index is -0.575. The van der Waals surface area contributed by atoms with Gasteiger partial charge < -0.3 is 9.64 Å². The van der Waals surface area contributed by atoms with E-state index < -0.39 is 5.54 Å². The second kappa shape index (κ2) is 4.58. The quantitative estimate of drug-likeness (QED) is 0.752. The number of fused-ring (bicyclic) bond motifs is 2. The molecule has 2 saturated heterocycles. The van der Waals surface area contributed by atoms with E-state index in [2.05, 4.69) is 17.3 Å². The van der Waals surface area contributed by atoms with E-state index in [1.807, 2.05) is 13.8 Å². The first-order valence-electron chi connectivity index (χ1n) is 6.52. The summed E-state index contributed by atoms with van der Waals surface area (Å²) in [6.45, 7) is 3.80. The molecule has 0 aliphatic carbocycles. The molecule has 0 saturated carbocycles. The molecule has 0 amide bonds. The average Bonchev–Trinajstić information content (AvgIpc) is 2.52. The van der Waals surface area contributed by atoms with Gasteiger partial charge in [0.05, 0.1) is 7.11 Å². The molecular formula is C13H24N2O2. The number of nitrogens with zero attached hydrogens (tertiary/aromatic N) is 1. The minimum absolute atomic E-state index is 0.177. The van der Waals surface area contributed by atoms with Crippen molar-refractivity contribution in [3.63, 3.8) is 0 Å². The van der Waals surface area contributed by atoms with Gasteiger partial charge in [-0.2, -0.15) is 0 Å². The molecule has 0 spiro atoms. The maximum atomic E-state index is 11.7. The van der Waals surface area contributed by atoms with Crippen molar-refractivity contribution >= 4 is 5.97 Å². The maximum Gasteiger partial charge on any atom is 0.325 e. The van der Waals surface area contributed by atoms with Gasteiger partial charge in [-0.25, -0.2) is 0 Å². The largest absolute Gasteiger partial charge is 0.468 e. The first-order chi connectivity index (χ1) is 7.94. The van der Waals surface area contributed by atoms with E-state index in [9.17, 15) is 4.79 Å². The van der Waals surface area contributed by atoms with Crippen molar-refractivity contribution in [1.82, 2.24) is 10.2 Å². The zero-order valence-electron chi connectivity index (χ0n) is 11.3. The number of nitrogens with one attached hydrogen (secondary N) is 1. The maximum absolute atomic E-state index is 11.7. The number of esters is 1. The van der Waals surface area contributed by atoms with Crippen molar-refractivity contribution < 1.29 is 9.53 Å². The van der Waals surface area contributed by atoms with E-state index in [4.69, 9.17) is 4.74 Å². The molecule has 2 fully saturated rings. The third kappa shape index (κ3) is 2.47. The standard InChI is InChI=1S/C13H24N2O2/c1-13(2,12(16)17-4)14-9-7-10-5-6-11(8-9)15(10)3/h9-11,14H,5-8H2,1-4H3. The molecule has 2 rings (SSSR count). The fraction of sp³-hybridized carbons (Fsp3) is 0.923. The van der Waals surface area contributed by atoms with Crippen LogP contribution in [0.25, 0.3) is 0 Å². The second-order valence-electron chi connectivity index (χ2n) is 5.98. The number of piperidine rings is 1. The smallest absolute Gasteiger partial charge is 0.325 e. The number of hydrogen-bond donors (Lipinski definition) is 1. The number of carbonyl (C=O) groups excluding carboxylic acids is 1. The Labute approximate surface area is 104 Å². The van der Waals surface area contributed by atoms with Gasteiger partial charge in [-0.15, -0.1) is 0 Å². The molecule has 17 heavy (non-hydrogen) atoms. The van der Waals surface area contributed by atoms with E-state index in [0.717, 1.165) is 12.8 Å². The Morgan fingerprint density at radius 1 is 1.29 bits per heavy atom. The van der Waals surface area contributed by atoms with Crippen molar-refractivity contribution in [3.05, 3.63) is 0 Å². The van der Waals surface area contributed by atoms with Crippen LogP contribution in [0.5, 0.6) is 0 Å². The van der Waals surface area contributed by atoms with Gasteiger partial charge in [0.1, 0.15) is 5.54 Å². The average molecular weight is 240 g/mol. The van der Waals surface area contributed by atoms with E-state index in [0.29, 0.717) is 18.1 Å². The highest BCUT2D eigenvalue weighted by atomic mass is 16.5. The predicted octanol–water partition coefficient (Wildman–Crippen LogP) is 1.15. The summed E-state index contributed by atoms with van der Waals surface area (Å²) in [7, 11) is 3.67. The fourth-order valence-electron chi connectivity index (χ4n) is 3.35. The summed E-state index contributed by atoms with van der Waals surface area (Å²) in [5.74, 6) is -0.177. The van der Waals surface area contributed by atoms with Crippen LogP contribution in [0.4, 0.5) is 0 Å². The Morgan fingerprint density at radius 3 is 2.29 bits per heavy atom. The van der Waals surface area contributed by atoms with Crippen molar-refractivity contribution in [1.29, 1.82) is 0 Å². The van der Waals surface area contributed by atoms with Crippen LogP contribution in [0.3, 0.4) is 0 Å². The lowest BCUT2D eigenvalue weighted by molar-refractivity contribution is -0.147. The number of hydrogen-bond acceptors (Lipinski definition) is 4. The van der Waals surface area contributed by atoms with Crippen LogP contribution in [0.2, 0.25) is 0 Å². The van der Waals surface area contributed by atoms with Gasteiger partial charge in [0.15, 0.2) is 0 Å². The Hall–Kier alpha value is -0.610. The number of carbonyl (C=O) groups is 1. The van der Waals surface area contributed by atoms with Gasteiger partial charge in [-0.1, -0.05) is 0 Å². The Bertz CT molecular complexity index is 290. The van der Waals surface area contributed by atoms with Crippen molar-refractivity contribution in [2.24, 2.45) is 0 Å². The highest BCUT2D eigenvalue weighted by Crippen LogP contribution is 2.34. The lowest BCUT2D eigenvalue weighted by Gasteiger charge is -2.39. The first kappa shape index (κ1) is 12.8. The number of rotatable bonds is 3. The summed E-state index contributed by atoms with van der Waals surface area (Å²) < 4.78 is 4.84. The summed E-state index contributed by atoms with van der Waals surface area (Å²) in [4.78, 5) is 14.2. The van der Waals surface area contributed by atoms with Gasteiger partial charge in [0.25, 0.3) is 0 Å². The third-order valence-electron chi connectivity index (χ3n) is 4.36. The van der Waals surface area contributed by atoms with E-state index in [1.165, 1.54) is 20.0 Å². The van der Waals surface area contributed by atoms with Crippen LogP contribution in [0.15, 0.2) is 0 Å². The zero-order chi connectivity index (χ0) is 12.6. The van der Waals surface area contributed by atoms with Gasteiger partial charge in [-0.05, 0) is 46.6 Å². The Morgan fingerprint density at radius 2 is 1.82 bits per heavy atom. The third-order valence-corrected chi connectivity index (χ3v) is 4.36. The monoisotopic (exact) mass is 240 g/mol. The van der Waals surface area contributed by atoms with E-state index >= 15 is 0 Å². The van der Waals surface area contributed by atoms with Crippen LogP contribution >= 0.6 is 0 Å². The molecule has 2 bridgehead atoms. The van der Waals surface area contributed by atoms with Crippen LogP contribution in [-0.2, 0) is 9.53 Å². The second-order valence-corrected chi connectivity index (χ2v) is 5.98. The van der Waals surface area contributed by atoms with Gasteiger partial charge in [0, 0.05) is 18.1 Å². The summed E-state index contributed by atoms with van der Waals surface area (Å²) >= 11 is 0. The first-order valence-corrected chi connectivity index (χ1v) is 6.52. The van der Waals surface area contributed by atoms with Crippen LogP contribution in [0, 0.1) is 0 Å². The Balaban J connectivity index is 1.95. The fourth-order valence-corrected chi connectivity index (χ4v) is 3.35. The molecule has 0 aromatic carbocycles. The SMILES string of the molecule is COC(=O)C(C)(C)NC1CC2CCC(C1)N2C. The molecule has 4 heteroatoms. The molecule has 0 aromatic heterocycles. The molecule has 2 unspecified atom stereocenters. The van der Waals surface area contributed by atoms with Crippen molar-refractivity contribution in [3.8, 4) is 0 Å². The van der Waals surface area contributed by atoms with E-state index in [-0.39, 0.29) is 5.97 Å². The molecule has 2 atom stereocenters. The van der Waals surface area contributed by atoms with Crippen LogP contribution in [-0.4, -0.2) is 48.7 Å². The summed E-state index contributed by atoms with van der Waals surface area (Å²) in [6.07, 6.45) is 4.90. The summed E-state index contributed by atoms with van der Waals surface area (Å²) in [5, 5.41) is 3.47.